The van der Waals surface area contributed by atoms with Crippen LogP contribution >= 0.6 is 35.0 Å². The van der Waals surface area contributed by atoms with Gasteiger partial charge in [-0.05, 0) is 57.2 Å². The van der Waals surface area contributed by atoms with Crippen molar-refractivity contribution in [1.29, 1.82) is 0 Å². The van der Waals surface area contributed by atoms with Crippen LogP contribution in [0.5, 0.6) is 0 Å². The maximum atomic E-state index is 12.4. The minimum atomic E-state index is -0.212. The zero-order valence-corrected chi connectivity index (χ0v) is 20.1. The van der Waals surface area contributed by atoms with Gasteiger partial charge < -0.3 is 14.8 Å². The molecule has 2 aromatic carbocycles. The maximum Gasteiger partial charge on any atom is 0.234 e. The highest BCUT2D eigenvalue weighted by molar-refractivity contribution is 7.99. The van der Waals surface area contributed by atoms with Crippen molar-refractivity contribution in [2.24, 2.45) is 0 Å². The molecule has 0 bridgehead atoms. The summed E-state index contributed by atoms with van der Waals surface area (Å²) in [6.07, 6.45) is 0. The SMILES string of the molecule is CCN(CC)c1ccc(-c2nnc(SCC(=O)Nc3c(Cl)cccc3Cl)n2CC)cc1. The molecule has 1 heterocycles. The van der Waals surface area contributed by atoms with E-state index in [0.29, 0.717) is 27.4 Å². The minimum Gasteiger partial charge on any atom is -0.372 e. The number of nitrogens with zero attached hydrogens (tertiary/aromatic N) is 4. The number of halogens is 2. The van der Waals surface area contributed by atoms with Crippen LogP contribution in [0.2, 0.25) is 10.0 Å². The van der Waals surface area contributed by atoms with Gasteiger partial charge in [0, 0.05) is 30.9 Å². The van der Waals surface area contributed by atoms with Crippen molar-refractivity contribution in [2.75, 3.05) is 29.1 Å². The Kier molecular flexibility index (Phi) is 8.23. The Morgan fingerprint density at radius 1 is 1.03 bits per heavy atom. The summed E-state index contributed by atoms with van der Waals surface area (Å²) in [5.41, 5.74) is 2.59. The van der Waals surface area contributed by atoms with Crippen molar-refractivity contribution in [1.82, 2.24) is 14.8 Å². The highest BCUT2D eigenvalue weighted by atomic mass is 35.5. The van der Waals surface area contributed by atoms with Crippen LogP contribution in [0.15, 0.2) is 47.6 Å². The Balaban J connectivity index is 1.71. The number of para-hydroxylation sites is 1. The zero-order chi connectivity index (χ0) is 22.4. The van der Waals surface area contributed by atoms with Crippen LogP contribution in [-0.2, 0) is 11.3 Å². The van der Waals surface area contributed by atoms with Gasteiger partial charge in [0.1, 0.15) is 0 Å². The number of anilines is 2. The van der Waals surface area contributed by atoms with E-state index < -0.39 is 0 Å². The number of thioether (sulfide) groups is 1. The van der Waals surface area contributed by atoms with Gasteiger partial charge in [-0.2, -0.15) is 0 Å². The van der Waals surface area contributed by atoms with E-state index in [1.807, 2.05) is 11.5 Å². The molecule has 3 rings (SSSR count). The number of hydrogen-bond acceptors (Lipinski definition) is 5. The quantitative estimate of drug-likeness (QED) is 0.391. The fraction of sp³-hybridized carbons (Fsp3) is 0.318. The fourth-order valence-electron chi connectivity index (χ4n) is 3.23. The lowest BCUT2D eigenvalue weighted by Gasteiger charge is -2.21. The first kappa shape index (κ1) is 23.4. The first-order chi connectivity index (χ1) is 15.0. The summed E-state index contributed by atoms with van der Waals surface area (Å²) in [5, 5.41) is 12.9. The minimum absolute atomic E-state index is 0.167. The summed E-state index contributed by atoms with van der Waals surface area (Å²) in [6.45, 7) is 8.94. The van der Waals surface area contributed by atoms with E-state index in [1.54, 1.807) is 18.2 Å². The molecule has 3 aromatic rings. The van der Waals surface area contributed by atoms with Gasteiger partial charge in [0.2, 0.25) is 5.91 Å². The Bertz CT molecular complexity index is 1010. The molecule has 0 spiro atoms. The average molecular weight is 478 g/mol. The van der Waals surface area contributed by atoms with Crippen molar-refractivity contribution >= 4 is 52.2 Å². The second kappa shape index (κ2) is 10.9. The molecule has 164 valence electrons. The second-order valence-electron chi connectivity index (χ2n) is 6.70. The van der Waals surface area contributed by atoms with Crippen molar-refractivity contribution < 1.29 is 4.79 Å². The van der Waals surface area contributed by atoms with Gasteiger partial charge in [0.25, 0.3) is 0 Å². The van der Waals surface area contributed by atoms with Crippen molar-refractivity contribution in [3.05, 3.63) is 52.5 Å². The highest BCUT2D eigenvalue weighted by Crippen LogP contribution is 2.30. The van der Waals surface area contributed by atoms with Crippen LogP contribution in [0.3, 0.4) is 0 Å². The van der Waals surface area contributed by atoms with Gasteiger partial charge in [0.05, 0.1) is 21.5 Å². The molecular weight excluding hydrogens is 453 g/mol. The molecule has 31 heavy (non-hydrogen) atoms. The summed E-state index contributed by atoms with van der Waals surface area (Å²) >= 11 is 13.6. The largest absolute Gasteiger partial charge is 0.372 e. The third kappa shape index (κ3) is 5.53. The summed E-state index contributed by atoms with van der Waals surface area (Å²) < 4.78 is 2.01. The van der Waals surface area contributed by atoms with Crippen molar-refractivity contribution in [3.63, 3.8) is 0 Å². The average Bonchev–Trinajstić information content (AvgIpc) is 3.19. The van der Waals surface area contributed by atoms with E-state index in [4.69, 9.17) is 23.2 Å². The summed E-state index contributed by atoms with van der Waals surface area (Å²) in [6, 6.07) is 13.4. The van der Waals surface area contributed by atoms with Gasteiger partial charge in [-0.1, -0.05) is 41.0 Å². The normalized spacial score (nSPS) is 10.9. The van der Waals surface area contributed by atoms with Gasteiger partial charge >= 0.3 is 0 Å². The number of benzene rings is 2. The lowest BCUT2D eigenvalue weighted by atomic mass is 10.2. The van der Waals surface area contributed by atoms with E-state index in [2.05, 4.69) is 58.5 Å². The van der Waals surface area contributed by atoms with E-state index in [0.717, 1.165) is 24.5 Å². The molecule has 1 aromatic heterocycles. The molecule has 0 fully saturated rings. The number of nitrogens with one attached hydrogen (secondary N) is 1. The van der Waals surface area contributed by atoms with E-state index in [9.17, 15) is 4.79 Å². The number of carbonyl (C=O) groups is 1. The van der Waals surface area contributed by atoms with E-state index >= 15 is 0 Å². The van der Waals surface area contributed by atoms with Gasteiger partial charge in [0.15, 0.2) is 11.0 Å². The van der Waals surface area contributed by atoms with Crippen LogP contribution < -0.4 is 10.2 Å². The number of rotatable bonds is 9. The molecule has 0 unspecified atom stereocenters. The number of amides is 1. The molecule has 0 saturated heterocycles. The molecule has 9 heteroatoms. The summed E-state index contributed by atoms with van der Waals surface area (Å²) in [7, 11) is 0. The molecule has 0 aliphatic heterocycles. The Labute approximate surface area is 196 Å². The number of carbonyl (C=O) groups excluding carboxylic acids is 1. The predicted octanol–water partition coefficient (Wildman–Crippen LogP) is 5.85. The maximum absolute atomic E-state index is 12.4. The monoisotopic (exact) mass is 477 g/mol. The Morgan fingerprint density at radius 3 is 2.26 bits per heavy atom. The van der Waals surface area contributed by atoms with Gasteiger partial charge in [-0.25, -0.2) is 0 Å². The zero-order valence-electron chi connectivity index (χ0n) is 17.7. The third-order valence-electron chi connectivity index (χ3n) is 4.85. The third-order valence-corrected chi connectivity index (χ3v) is 6.44. The first-order valence-electron chi connectivity index (χ1n) is 10.1. The Morgan fingerprint density at radius 2 is 1.68 bits per heavy atom. The van der Waals surface area contributed by atoms with Crippen molar-refractivity contribution in [3.8, 4) is 11.4 Å². The first-order valence-corrected chi connectivity index (χ1v) is 11.9. The van der Waals surface area contributed by atoms with Crippen LogP contribution in [0.1, 0.15) is 20.8 Å². The van der Waals surface area contributed by atoms with Gasteiger partial charge in [-0.3, -0.25) is 4.79 Å². The molecule has 0 aliphatic carbocycles. The summed E-state index contributed by atoms with van der Waals surface area (Å²) in [5.74, 6) is 0.738. The van der Waals surface area contributed by atoms with E-state index in [-0.39, 0.29) is 11.7 Å². The molecule has 0 atom stereocenters. The van der Waals surface area contributed by atoms with Crippen molar-refractivity contribution in [2.45, 2.75) is 32.5 Å². The molecule has 0 saturated carbocycles. The van der Waals surface area contributed by atoms with Gasteiger partial charge in [-0.15, -0.1) is 10.2 Å². The topological polar surface area (TPSA) is 63.1 Å². The fourth-order valence-corrected chi connectivity index (χ4v) is 4.52. The van der Waals surface area contributed by atoms with Crippen LogP contribution in [-0.4, -0.2) is 39.5 Å². The molecular formula is C22H25Cl2N5OS. The second-order valence-corrected chi connectivity index (χ2v) is 8.46. The van der Waals surface area contributed by atoms with E-state index in [1.165, 1.54) is 17.4 Å². The summed E-state index contributed by atoms with van der Waals surface area (Å²) in [4.78, 5) is 14.7. The lowest BCUT2D eigenvalue weighted by Crippen LogP contribution is -2.21. The van der Waals surface area contributed by atoms with Crippen LogP contribution in [0, 0.1) is 0 Å². The number of aromatic nitrogens is 3. The predicted molar refractivity (Wildman–Crippen MR) is 131 cm³/mol. The molecule has 0 aliphatic rings. The molecule has 1 N–H and O–H groups in total. The lowest BCUT2D eigenvalue weighted by molar-refractivity contribution is -0.113. The molecule has 6 nitrogen and oxygen atoms in total. The van der Waals surface area contributed by atoms with Crippen LogP contribution in [0.25, 0.3) is 11.4 Å². The smallest absolute Gasteiger partial charge is 0.234 e. The molecule has 1 amide bonds. The number of hydrogen-bond donors (Lipinski definition) is 1. The van der Waals surface area contributed by atoms with Crippen LogP contribution in [0.4, 0.5) is 11.4 Å². The standard InChI is InChI=1S/C22H25Cl2N5OS/c1-4-28(5-2)16-12-10-15(11-13-16)21-26-27-22(29(21)6-3)31-14-19(30)25-20-17(23)8-7-9-18(20)24/h7-13H,4-6,14H2,1-3H3,(H,25,30). The highest BCUT2D eigenvalue weighted by Gasteiger charge is 2.16. The Hall–Kier alpha value is -2.22. The molecule has 0 radical (unpaired) electrons.